The number of rotatable bonds is 6. The smallest absolute Gasteiger partial charge is 0.273 e. The first kappa shape index (κ1) is 22.7. The van der Waals surface area contributed by atoms with Crippen LogP contribution in [0.5, 0.6) is 17.2 Å². The summed E-state index contributed by atoms with van der Waals surface area (Å²) in [6, 6.07) is 24.3. The normalized spacial score (nSPS) is 14.7. The lowest BCUT2D eigenvalue weighted by Gasteiger charge is -2.26. The number of phenolic OH excluding ortho intramolecular Hbond substituents is 1. The zero-order valence-corrected chi connectivity index (χ0v) is 20.4. The van der Waals surface area contributed by atoms with E-state index in [-0.39, 0.29) is 18.2 Å². The van der Waals surface area contributed by atoms with E-state index < -0.39 is 6.04 Å². The fraction of sp³-hybridized carbons (Fsp3) is 0.133. The molecule has 3 heterocycles. The molecule has 1 aliphatic heterocycles. The van der Waals surface area contributed by atoms with Crippen LogP contribution in [-0.4, -0.2) is 26.1 Å². The maximum absolute atomic E-state index is 13.7. The van der Waals surface area contributed by atoms with E-state index in [1.54, 1.807) is 17.2 Å². The molecule has 1 aliphatic rings. The topological polar surface area (TPSA) is 91.6 Å². The maximum atomic E-state index is 13.7. The molecule has 7 nitrogen and oxygen atoms in total. The minimum atomic E-state index is -0.471. The van der Waals surface area contributed by atoms with Crippen molar-refractivity contribution in [3.8, 4) is 28.5 Å². The number of H-pyrrole nitrogens is 1. The molecule has 37 heavy (non-hydrogen) atoms. The average molecular weight is 492 g/mol. The SMILES string of the molecule is Cc1cc(C)c(O)c(-c2n[nH]c3c2C(c2cccc(Oc4ccccc4)c2)N(Cc2ccco2)C3=O)c1. The standard InChI is InChI=1S/C30H25N3O4/c1-18-14-19(2)29(34)24(15-18)26-25-27(32-31-26)30(35)33(17-23-12-7-13-36-23)28(25)20-8-6-11-22(16-20)37-21-9-4-3-5-10-21/h3-16,28,34H,17H2,1-2H3,(H,31,32). The minimum absolute atomic E-state index is 0.150. The quantitative estimate of drug-likeness (QED) is 0.282. The van der Waals surface area contributed by atoms with Crippen molar-refractivity contribution in [2.75, 3.05) is 0 Å². The summed E-state index contributed by atoms with van der Waals surface area (Å²) in [5, 5.41) is 18.4. The zero-order chi connectivity index (χ0) is 25.5. The van der Waals surface area contributed by atoms with Crippen LogP contribution < -0.4 is 4.74 Å². The summed E-state index contributed by atoms with van der Waals surface area (Å²) in [5.41, 5.74) is 4.86. The number of aromatic nitrogens is 2. The van der Waals surface area contributed by atoms with Crippen LogP contribution in [0.25, 0.3) is 11.3 Å². The van der Waals surface area contributed by atoms with E-state index in [2.05, 4.69) is 10.2 Å². The van der Waals surface area contributed by atoms with Crippen molar-refractivity contribution >= 4 is 5.91 Å². The van der Waals surface area contributed by atoms with Gasteiger partial charge in [0.2, 0.25) is 0 Å². The molecular formula is C30H25N3O4. The largest absolute Gasteiger partial charge is 0.507 e. The summed E-state index contributed by atoms with van der Waals surface area (Å²) >= 11 is 0. The van der Waals surface area contributed by atoms with Gasteiger partial charge in [-0.05, 0) is 73.0 Å². The van der Waals surface area contributed by atoms with Crippen molar-refractivity contribution in [3.05, 3.63) is 119 Å². The Hall–Kier alpha value is -4.78. The van der Waals surface area contributed by atoms with Gasteiger partial charge in [-0.1, -0.05) is 36.4 Å². The number of carbonyl (C=O) groups excluding carboxylic acids is 1. The Morgan fingerprint density at radius 2 is 1.81 bits per heavy atom. The summed E-state index contributed by atoms with van der Waals surface area (Å²) in [6.45, 7) is 4.11. The highest BCUT2D eigenvalue weighted by Crippen LogP contribution is 2.46. The second kappa shape index (κ2) is 9.02. The van der Waals surface area contributed by atoms with E-state index in [4.69, 9.17) is 9.15 Å². The van der Waals surface area contributed by atoms with Crippen LogP contribution in [0.3, 0.4) is 0 Å². The van der Waals surface area contributed by atoms with Crippen molar-refractivity contribution in [1.82, 2.24) is 15.1 Å². The minimum Gasteiger partial charge on any atom is -0.507 e. The van der Waals surface area contributed by atoms with E-state index in [0.29, 0.717) is 34.0 Å². The zero-order valence-electron chi connectivity index (χ0n) is 20.4. The van der Waals surface area contributed by atoms with E-state index in [9.17, 15) is 9.90 Å². The van der Waals surface area contributed by atoms with Crippen LogP contribution in [0.4, 0.5) is 0 Å². The summed E-state index contributed by atoms with van der Waals surface area (Å²) in [4.78, 5) is 15.4. The van der Waals surface area contributed by atoms with Gasteiger partial charge in [0.05, 0.1) is 18.8 Å². The number of nitrogens with zero attached hydrogens (tertiary/aromatic N) is 2. The van der Waals surface area contributed by atoms with Crippen LogP contribution >= 0.6 is 0 Å². The summed E-state index contributed by atoms with van der Waals surface area (Å²) in [5.74, 6) is 2.01. The van der Waals surface area contributed by atoms with E-state index in [1.165, 1.54) is 0 Å². The first-order valence-corrected chi connectivity index (χ1v) is 12.0. The number of phenols is 1. The number of benzene rings is 3. The molecule has 0 saturated carbocycles. The number of furan rings is 1. The molecular weight excluding hydrogens is 466 g/mol. The fourth-order valence-corrected chi connectivity index (χ4v) is 5.00. The third-order valence-corrected chi connectivity index (χ3v) is 6.62. The molecule has 6 rings (SSSR count). The monoisotopic (exact) mass is 491 g/mol. The number of ether oxygens (including phenoxy) is 1. The lowest BCUT2D eigenvalue weighted by molar-refractivity contribution is 0.0717. The predicted octanol–water partition coefficient (Wildman–Crippen LogP) is 6.53. The van der Waals surface area contributed by atoms with Crippen LogP contribution in [0, 0.1) is 13.8 Å². The number of hydrogen-bond donors (Lipinski definition) is 2. The van der Waals surface area contributed by atoms with Crippen molar-refractivity contribution < 1.29 is 19.1 Å². The van der Waals surface area contributed by atoms with Gasteiger partial charge in [0.15, 0.2) is 0 Å². The molecule has 3 aromatic carbocycles. The van der Waals surface area contributed by atoms with Crippen molar-refractivity contribution in [1.29, 1.82) is 0 Å². The van der Waals surface area contributed by atoms with Crippen LogP contribution in [0.2, 0.25) is 0 Å². The number of aromatic hydroxyl groups is 1. The lowest BCUT2D eigenvalue weighted by Crippen LogP contribution is -2.29. The number of para-hydroxylation sites is 1. The van der Waals surface area contributed by atoms with Crippen molar-refractivity contribution in [2.24, 2.45) is 0 Å². The number of carbonyl (C=O) groups is 1. The number of amides is 1. The molecule has 0 saturated heterocycles. The molecule has 1 atom stereocenters. The molecule has 0 fully saturated rings. The van der Waals surface area contributed by atoms with Gasteiger partial charge in [-0.3, -0.25) is 9.89 Å². The third-order valence-electron chi connectivity index (χ3n) is 6.62. The first-order chi connectivity index (χ1) is 18.0. The van der Waals surface area contributed by atoms with Gasteiger partial charge in [0.25, 0.3) is 5.91 Å². The van der Waals surface area contributed by atoms with Gasteiger partial charge in [0, 0.05) is 11.1 Å². The fourth-order valence-electron chi connectivity index (χ4n) is 5.00. The Morgan fingerprint density at radius 1 is 1.00 bits per heavy atom. The van der Waals surface area contributed by atoms with Crippen LogP contribution in [-0.2, 0) is 6.54 Å². The molecule has 2 N–H and O–H groups in total. The maximum Gasteiger partial charge on any atom is 0.273 e. The highest BCUT2D eigenvalue weighted by molar-refractivity contribution is 6.00. The first-order valence-electron chi connectivity index (χ1n) is 12.0. The van der Waals surface area contributed by atoms with E-state index >= 15 is 0 Å². The number of nitrogens with one attached hydrogen (secondary N) is 1. The lowest BCUT2D eigenvalue weighted by atomic mass is 9.94. The van der Waals surface area contributed by atoms with Gasteiger partial charge in [-0.2, -0.15) is 5.10 Å². The molecule has 0 aliphatic carbocycles. The number of hydrogen-bond acceptors (Lipinski definition) is 5. The summed E-state index contributed by atoms with van der Waals surface area (Å²) in [6.07, 6.45) is 1.60. The summed E-state index contributed by atoms with van der Waals surface area (Å²) < 4.78 is 11.7. The van der Waals surface area contributed by atoms with Crippen LogP contribution in [0.1, 0.15) is 44.5 Å². The molecule has 0 radical (unpaired) electrons. The Morgan fingerprint density at radius 3 is 2.59 bits per heavy atom. The Bertz CT molecular complexity index is 1590. The van der Waals surface area contributed by atoms with Gasteiger partial charge in [0.1, 0.15) is 34.4 Å². The Labute approximate surface area is 213 Å². The Balaban J connectivity index is 1.49. The number of aryl methyl sites for hydroxylation is 2. The Kier molecular flexibility index (Phi) is 5.53. The molecule has 7 heteroatoms. The highest BCUT2D eigenvalue weighted by atomic mass is 16.5. The molecule has 184 valence electrons. The second-order valence-corrected chi connectivity index (χ2v) is 9.24. The number of aromatic amines is 1. The molecule has 1 unspecified atom stereocenters. The summed E-state index contributed by atoms with van der Waals surface area (Å²) in [7, 11) is 0. The molecule has 5 aromatic rings. The van der Waals surface area contributed by atoms with Gasteiger partial charge < -0.3 is 19.2 Å². The van der Waals surface area contributed by atoms with Gasteiger partial charge in [-0.15, -0.1) is 0 Å². The van der Waals surface area contributed by atoms with Crippen molar-refractivity contribution in [3.63, 3.8) is 0 Å². The van der Waals surface area contributed by atoms with Gasteiger partial charge >= 0.3 is 0 Å². The average Bonchev–Trinajstić information content (AvgIpc) is 3.62. The number of fused-ring (bicyclic) bond motifs is 1. The molecule has 0 bridgehead atoms. The van der Waals surface area contributed by atoms with Crippen molar-refractivity contribution in [2.45, 2.75) is 26.4 Å². The van der Waals surface area contributed by atoms with Crippen LogP contribution in [0.15, 0.2) is 89.5 Å². The molecule has 1 amide bonds. The second-order valence-electron chi connectivity index (χ2n) is 9.24. The third kappa shape index (κ3) is 4.04. The van der Waals surface area contributed by atoms with E-state index in [1.807, 2.05) is 86.6 Å². The van der Waals surface area contributed by atoms with E-state index in [0.717, 1.165) is 22.4 Å². The molecule has 0 spiro atoms. The molecule has 2 aromatic heterocycles. The highest BCUT2D eigenvalue weighted by Gasteiger charge is 2.43. The van der Waals surface area contributed by atoms with Gasteiger partial charge in [-0.25, -0.2) is 0 Å². The predicted molar refractivity (Wildman–Crippen MR) is 139 cm³/mol.